The first-order valence-electron chi connectivity index (χ1n) is 5.09. The van der Waals surface area contributed by atoms with Gasteiger partial charge in [-0.1, -0.05) is 29.3 Å². The molecule has 1 aromatic heterocycles. The Morgan fingerprint density at radius 1 is 1.41 bits per heavy atom. The molecule has 2 rings (SSSR count). The summed E-state index contributed by atoms with van der Waals surface area (Å²) in [5.74, 6) is 0. The molecule has 0 saturated heterocycles. The molecule has 1 heterocycles. The highest BCUT2D eigenvalue weighted by atomic mass is 35.5. The lowest BCUT2D eigenvalue weighted by Crippen LogP contribution is -2.19. The van der Waals surface area contributed by atoms with Gasteiger partial charge in [-0.15, -0.1) is 0 Å². The van der Waals surface area contributed by atoms with Crippen LogP contribution < -0.4 is 5.32 Å². The van der Waals surface area contributed by atoms with Gasteiger partial charge < -0.3 is 5.32 Å². The van der Waals surface area contributed by atoms with Crippen LogP contribution in [0.25, 0.3) is 0 Å². The average molecular weight is 288 g/mol. The minimum absolute atomic E-state index is 0.118. The van der Waals surface area contributed by atoms with Crippen LogP contribution >= 0.6 is 34.9 Å². The molecule has 1 atom stereocenters. The first-order chi connectivity index (χ1) is 8.20. The molecule has 6 heteroatoms. The van der Waals surface area contributed by atoms with Gasteiger partial charge in [-0.2, -0.15) is 8.75 Å². The Hall–Kier alpha value is -0.680. The van der Waals surface area contributed by atoms with Crippen molar-refractivity contribution in [1.82, 2.24) is 14.1 Å². The zero-order valence-electron chi connectivity index (χ0n) is 9.15. The van der Waals surface area contributed by atoms with Crippen LogP contribution in [0.1, 0.15) is 17.3 Å². The fraction of sp³-hybridized carbons (Fsp3) is 0.273. The molecule has 3 nitrogen and oxygen atoms in total. The zero-order valence-corrected chi connectivity index (χ0v) is 11.5. The Morgan fingerprint density at radius 2 is 2.24 bits per heavy atom. The van der Waals surface area contributed by atoms with Crippen molar-refractivity contribution in [3.63, 3.8) is 0 Å². The molecule has 1 N–H and O–H groups in total. The molecule has 0 aliphatic carbocycles. The van der Waals surface area contributed by atoms with Gasteiger partial charge in [-0.25, -0.2) is 0 Å². The quantitative estimate of drug-likeness (QED) is 0.937. The summed E-state index contributed by atoms with van der Waals surface area (Å²) in [6, 6.07) is 5.65. The Morgan fingerprint density at radius 3 is 2.82 bits per heavy atom. The molecule has 0 aliphatic rings. The van der Waals surface area contributed by atoms with E-state index in [9.17, 15) is 0 Å². The summed E-state index contributed by atoms with van der Waals surface area (Å²) in [5, 5.41) is 4.54. The summed E-state index contributed by atoms with van der Waals surface area (Å²) in [6.45, 7) is 0. The van der Waals surface area contributed by atoms with E-state index in [4.69, 9.17) is 23.2 Å². The summed E-state index contributed by atoms with van der Waals surface area (Å²) >= 11 is 13.2. The molecule has 17 heavy (non-hydrogen) atoms. The first-order valence-corrected chi connectivity index (χ1v) is 6.58. The van der Waals surface area contributed by atoms with E-state index in [0.29, 0.717) is 10.0 Å². The van der Waals surface area contributed by atoms with E-state index < -0.39 is 0 Å². The van der Waals surface area contributed by atoms with Crippen molar-refractivity contribution in [2.45, 2.75) is 12.5 Å². The second-order valence-corrected chi connectivity index (χ2v) is 5.01. The SMILES string of the molecule is CNC(Cc1ccc(Cl)cc1Cl)c1cnsn1. The van der Waals surface area contributed by atoms with Crippen molar-refractivity contribution >= 4 is 34.9 Å². The van der Waals surface area contributed by atoms with Gasteiger partial charge in [0, 0.05) is 10.0 Å². The molecule has 0 amide bonds. The number of halogens is 2. The average Bonchev–Trinajstić information content (AvgIpc) is 2.81. The number of hydrogen-bond acceptors (Lipinski definition) is 4. The number of aromatic nitrogens is 2. The molecule has 0 saturated carbocycles. The van der Waals surface area contributed by atoms with Crippen molar-refractivity contribution in [2.24, 2.45) is 0 Å². The third-order valence-corrected chi connectivity index (χ3v) is 3.60. The molecular formula is C11H11Cl2N3S. The fourth-order valence-electron chi connectivity index (χ4n) is 1.59. The third kappa shape index (κ3) is 3.16. The summed E-state index contributed by atoms with van der Waals surface area (Å²) in [7, 11) is 1.90. The molecule has 0 fully saturated rings. The minimum Gasteiger partial charge on any atom is -0.311 e. The zero-order chi connectivity index (χ0) is 12.3. The molecule has 2 aromatic rings. The molecule has 90 valence electrons. The van der Waals surface area contributed by atoms with Gasteiger partial charge in [0.2, 0.25) is 0 Å². The van der Waals surface area contributed by atoms with Gasteiger partial charge in [0.1, 0.15) is 0 Å². The minimum atomic E-state index is 0.118. The topological polar surface area (TPSA) is 37.8 Å². The van der Waals surface area contributed by atoms with Gasteiger partial charge in [-0.3, -0.25) is 0 Å². The summed E-state index contributed by atoms with van der Waals surface area (Å²) < 4.78 is 8.24. The highest BCUT2D eigenvalue weighted by Crippen LogP contribution is 2.25. The van der Waals surface area contributed by atoms with E-state index in [1.54, 1.807) is 12.3 Å². The van der Waals surface area contributed by atoms with Crippen molar-refractivity contribution in [3.8, 4) is 0 Å². The lowest BCUT2D eigenvalue weighted by atomic mass is 10.0. The molecule has 0 bridgehead atoms. The molecule has 0 aliphatic heterocycles. The monoisotopic (exact) mass is 287 g/mol. The first kappa shape index (κ1) is 12.8. The van der Waals surface area contributed by atoms with Crippen LogP contribution in [-0.4, -0.2) is 15.8 Å². The number of nitrogens with zero attached hydrogens (tertiary/aromatic N) is 2. The van der Waals surface area contributed by atoms with Gasteiger partial charge >= 0.3 is 0 Å². The van der Waals surface area contributed by atoms with Crippen LogP contribution in [0, 0.1) is 0 Å². The predicted molar refractivity (Wildman–Crippen MR) is 71.9 cm³/mol. The maximum atomic E-state index is 6.15. The van der Waals surface area contributed by atoms with E-state index in [1.165, 1.54) is 11.7 Å². The number of nitrogens with one attached hydrogen (secondary N) is 1. The molecule has 0 spiro atoms. The Bertz CT molecular complexity index is 487. The maximum Gasteiger partial charge on any atom is 0.0915 e. The number of hydrogen-bond donors (Lipinski definition) is 1. The second kappa shape index (κ2) is 5.78. The van der Waals surface area contributed by atoms with E-state index in [2.05, 4.69) is 14.1 Å². The van der Waals surface area contributed by atoms with Crippen molar-refractivity contribution in [1.29, 1.82) is 0 Å². The Balaban J connectivity index is 2.19. The van der Waals surface area contributed by atoms with Gasteiger partial charge in [0.15, 0.2) is 0 Å². The summed E-state index contributed by atoms with van der Waals surface area (Å²) in [4.78, 5) is 0. The van der Waals surface area contributed by atoms with E-state index in [1.807, 2.05) is 19.2 Å². The Kier molecular flexibility index (Phi) is 4.34. The largest absolute Gasteiger partial charge is 0.311 e. The third-order valence-electron chi connectivity index (χ3n) is 2.52. The maximum absolute atomic E-state index is 6.15. The summed E-state index contributed by atoms with van der Waals surface area (Å²) in [5.41, 5.74) is 1.98. The van der Waals surface area contributed by atoms with Crippen LogP contribution in [-0.2, 0) is 6.42 Å². The van der Waals surface area contributed by atoms with Crippen molar-refractivity contribution < 1.29 is 0 Å². The lowest BCUT2D eigenvalue weighted by Gasteiger charge is -2.14. The highest BCUT2D eigenvalue weighted by molar-refractivity contribution is 6.99. The van der Waals surface area contributed by atoms with Crippen LogP contribution in [0.3, 0.4) is 0 Å². The standard InChI is InChI=1S/C11H11Cl2N3S/c1-14-10(11-6-15-17-16-11)4-7-2-3-8(12)5-9(7)13/h2-3,5-6,10,14H,4H2,1H3. The van der Waals surface area contributed by atoms with Crippen molar-refractivity contribution in [2.75, 3.05) is 7.05 Å². The van der Waals surface area contributed by atoms with Crippen LogP contribution in [0.4, 0.5) is 0 Å². The second-order valence-electron chi connectivity index (χ2n) is 3.61. The summed E-state index contributed by atoms with van der Waals surface area (Å²) in [6.07, 6.45) is 2.54. The van der Waals surface area contributed by atoms with E-state index >= 15 is 0 Å². The normalized spacial score (nSPS) is 12.6. The van der Waals surface area contributed by atoms with Gasteiger partial charge in [0.05, 0.1) is 29.7 Å². The molecule has 1 unspecified atom stereocenters. The predicted octanol–water partition coefficient (Wildman–Crippen LogP) is 3.35. The number of rotatable bonds is 4. The lowest BCUT2D eigenvalue weighted by molar-refractivity contribution is 0.580. The van der Waals surface area contributed by atoms with E-state index in [-0.39, 0.29) is 6.04 Å². The number of benzene rings is 1. The molecular weight excluding hydrogens is 277 g/mol. The van der Waals surface area contributed by atoms with Crippen molar-refractivity contribution in [3.05, 3.63) is 45.7 Å². The Labute approximate surface area is 114 Å². The molecule has 0 radical (unpaired) electrons. The van der Waals surface area contributed by atoms with E-state index in [0.717, 1.165) is 17.7 Å². The fourth-order valence-corrected chi connectivity index (χ4v) is 2.54. The highest BCUT2D eigenvalue weighted by Gasteiger charge is 2.14. The van der Waals surface area contributed by atoms with Crippen LogP contribution in [0.15, 0.2) is 24.4 Å². The smallest absolute Gasteiger partial charge is 0.0915 e. The van der Waals surface area contributed by atoms with Gasteiger partial charge in [0.25, 0.3) is 0 Å². The van der Waals surface area contributed by atoms with Crippen LogP contribution in [0.2, 0.25) is 10.0 Å². The van der Waals surface area contributed by atoms with Crippen LogP contribution in [0.5, 0.6) is 0 Å². The van der Waals surface area contributed by atoms with Gasteiger partial charge in [-0.05, 0) is 31.2 Å². The molecule has 1 aromatic carbocycles. The number of likely N-dealkylation sites (N-methyl/N-ethyl adjacent to an activating group) is 1.